The van der Waals surface area contributed by atoms with Crippen LogP contribution in [-0.4, -0.2) is 64.6 Å². The van der Waals surface area contributed by atoms with Crippen LogP contribution in [0.15, 0.2) is 48.8 Å². The molecule has 0 unspecified atom stereocenters. The summed E-state index contributed by atoms with van der Waals surface area (Å²) in [6.07, 6.45) is 3.00. The van der Waals surface area contributed by atoms with Gasteiger partial charge in [0.15, 0.2) is 17.5 Å². The van der Waals surface area contributed by atoms with Gasteiger partial charge in [-0.1, -0.05) is 13.0 Å². The first-order chi connectivity index (χ1) is 15.1. The summed E-state index contributed by atoms with van der Waals surface area (Å²) in [5, 5.41) is 2.97. The number of benzene rings is 1. The SMILES string of the molecule is CCN1CCN(Cc2ccc(Nc3nc(-c4ccc(OC)cc4)ncc3F)nc2)CC1. The number of anilines is 2. The molecule has 0 spiro atoms. The van der Waals surface area contributed by atoms with E-state index in [1.807, 2.05) is 42.6 Å². The second-order valence-electron chi connectivity index (χ2n) is 7.51. The van der Waals surface area contributed by atoms with Crippen molar-refractivity contribution in [1.29, 1.82) is 0 Å². The number of nitrogens with one attached hydrogen (secondary N) is 1. The molecule has 0 bridgehead atoms. The average Bonchev–Trinajstić information content (AvgIpc) is 2.82. The van der Waals surface area contributed by atoms with Crippen molar-refractivity contribution >= 4 is 11.6 Å². The lowest BCUT2D eigenvalue weighted by atomic mass is 10.2. The Kier molecular flexibility index (Phi) is 6.69. The summed E-state index contributed by atoms with van der Waals surface area (Å²) in [4.78, 5) is 17.8. The maximum atomic E-state index is 14.3. The predicted molar refractivity (Wildman–Crippen MR) is 119 cm³/mol. The Hall–Kier alpha value is -3.10. The van der Waals surface area contributed by atoms with Crippen molar-refractivity contribution in [2.75, 3.05) is 45.2 Å². The number of hydrogen-bond acceptors (Lipinski definition) is 7. The molecule has 162 valence electrons. The Morgan fingerprint density at radius 2 is 1.71 bits per heavy atom. The normalized spacial score (nSPS) is 15.1. The predicted octanol–water partition coefficient (Wildman–Crippen LogP) is 3.57. The molecule has 3 heterocycles. The molecule has 7 nitrogen and oxygen atoms in total. The van der Waals surface area contributed by atoms with E-state index < -0.39 is 5.82 Å². The standard InChI is InChI=1S/C23H27FN6O/c1-3-29-10-12-30(13-11-29)16-17-4-9-21(25-14-17)27-23-20(24)15-26-22(28-23)18-5-7-19(31-2)8-6-18/h4-9,14-15H,3,10-13,16H2,1-2H3,(H,25,26,27,28). The summed E-state index contributed by atoms with van der Waals surface area (Å²) in [7, 11) is 1.61. The van der Waals surface area contributed by atoms with E-state index in [1.54, 1.807) is 7.11 Å². The van der Waals surface area contributed by atoms with E-state index in [9.17, 15) is 4.39 Å². The van der Waals surface area contributed by atoms with E-state index in [2.05, 4.69) is 37.0 Å². The minimum absolute atomic E-state index is 0.0942. The van der Waals surface area contributed by atoms with Crippen molar-refractivity contribution in [2.45, 2.75) is 13.5 Å². The third kappa shape index (κ3) is 5.34. The van der Waals surface area contributed by atoms with E-state index >= 15 is 0 Å². The molecule has 8 heteroatoms. The third-order valence-electron chi connectivity index (χ3n) is 5.48. The zero-order valence-electron chi connectivity index (χ0n) is 17.9. The zero-order chi connectivity index (χ0) is 21.6. The molecular weight excluding hydrogens is 395 g/mol. The van der Waals surface area contributed by atoms with Crippen molar-refractivity contribution in [2.24, 2.45) is 0 Å². The number of piperazine rings is 1. The van der Waals surface area contributed by atoms with Crippen LogP contribution in [0.2, 0.25) is 0 Å². The Morgan fingerprint density at radius 1 is 0.968 bits per heavy atom. The molecule has 1 N–H and O–H groups in total. The van der Waals surface area contributed by atoms with Crippen LogP contribution < -0.4 is 10.1 Å². The molecule has 3 aromatic rings. The highest BCUT2D eigenvalue weighted by Gasteiger charge is 2.16. The second-order valence-corrected chi connectivity index (χ2v) is 7.51. The highest BCUT2D eigenvalue weighted by molar-refractivity contribution is 5.60. The lowest BCUT2D eigenvalue weighted by molar-refractivity contribution is 0.132. The van der Waals surface area contributed by atoms with Gasteiger partial charge in [0.05, 0.1) is 13.3 Å². The highest BCUT2D eigenvalue weighted by Crippen LogP contribution is 2.23. The number of rotatable bonds is 7. The first-order valence-corrected chi connectivity index (χ1v) is 10.5. The van der Waals surface area contributed by atoms with Crippen LogP contribution >= 0.6 is 0 Å². The summed E-state index contributed by atoms with van der Waals surface area (Å²) >= 11 is 0. The molecule has 1 aliphatic heterocycles. The molecule has 0 amide bonds. The van der Waals surface area contributed by atoms with Crippen LogP contribution in [0.1, 0.15) is 12.5 Å². The smallest absolute Gasteiger partial charge is 0.184 e. The molecular formula is C23H27FN6O. The number of ether oxygens (including phenoxy) is 1. The van der Waals surface area contributed by atoms with Crippen molar-refractivity contribution in [3.63, 3.8) is 0 Å². The summed E-state index contributed by atoms with van der Waals surface area (Å²) in [5.41, 5.74) is 1.91. The molecule has 1 saturated heterocycles. The van der Waals surface area contributed by atoms with Crippen LogP contribution in [0.25, 0.3) is 11.4 Å². The van der Waals surface area contributed by atoms with Crippen LogP contribution in [0, 0.1) is 5.82 Å². The quantitative estimate of drug-likeness (QED) is 0.624. The lowest BCUT2D eigenvalue weighted by Gasteiger charge is -2.33. The van der Waals surface area contributed by atoms with Gasteiger partial charge in [-0.15, -0.1) is 0 Å². The van der Waals surface area contributed by atoms with Gasteiger partial charge in [-0.2, -0.15) is 0 Å². The first kappa shape index (κ1) is 21.1. The number of pyridine rings is 1. The first-order valence-electron chi connectivity index (χ1n) is 10.5. The van der Waals surface area contributed by atoms with Gasteiger partial charge in [0.2, 0.25) is 0 Å². The molecule has 4 rings (SSSR count). The molecule has 1 aliphatic rings. The minimum Gasteiger partial charge on any atom is -0.497 e. The van der Waals surface area contributed by atoms with Gasteiger partial charge in [0.25, 0.3) is 0 Å². The van der Waals surface area contributed by atoms with Gasteiger partial charge in [-0.05, 0) is 42.4 Å². The van der Waals surface area contributed by atoms with Crippen LogP contribution in [0.5, 0.6) is 5.75 Å². The highest BCUT2D eigenvalue weighted by atomic mass is 19.1. The van der Waals surface area contributed by atoms with Crippen LogP contribution in [0.4, 0.5) is 16.0 Å². The summed E-state index contributed by atoms with van der Waals surface area (Å²) < 4.78 is 19.5. The molecule has 1 aromatic carbocycles. The van der Waals surface area contributed by atoms with E-state index in [-0.39, 0.29) is 5.82 Å². The number of likely N-dealkylation sites (N-methyl/N-ethyl adjacent to an activating group) is 1. The molecule has 2 aromatic heterocycles. The maximum Gasteiger partial charge on any atom is 0.184 e. The number of methoxy groups -OCH3 is 1. The van der Waals surface area contributed by atoms with Gasteiger partial charge in [0.1, 0.15) is 11.6 Å². The number of halogens is 1. The van der Waals surface area contributed by atoms with Crippen molar-refractivity contribution in [1.82, 2.24) is 24.8 Å². The van der Waals surface area contributed by atoms with Gasteiger partial charge < -0.3 is 15.0 Å². The molecule has 0 atom stereocenters. The summed E-state index contributed by atoms with van der Waals surface area (Å²) in [6, 6.07) is 11.2. The Morgan fingerprint density at radius 3 is 2.35 bits per heavy atom. The van der Waals surface area contributed by atoms with Crippen molar-refractivity contribution in [3.8, 4) is 17.1 Å². The Balaban J connectivity index is 1.41. The van der Waals surface area contributed by atoms with E-state index in [0.717, 1.165) is 56.1 Å². The Bertz CT molecular complexity index is 988. The fraction of sp³-hybridized carbons (Fsp3) is 0.348. The lowest BCUT2D eigenvalue weighted by Crippen LogP contribution is -2.45. The molecule has 0 radical (unpaired) electrons. The van der Waals surface area contributed by atoms with E-state index in [0.29, 0.717) is 11.6 Å². The zero-order valence-corrected chi connectivity index (χ0v) is 17.9. The van der Waals surface area contributed by atoms with Crippen LogP contribution in [0.3, 0.4) is 0 Å². The Labute approximate surface area is 181 Å². The monoisotopic (exact) mass is 422 g/mol. The van der Waals surface area contributed by atoms with Gasteiger partial charge >= 0.3 is 0 Å². The summed E-state index contributed by atoms with van der Waals surface area (Å²) in [5.74, 6) is 1.27. The van der Waals surface area contributed by atoms with E-state index in [1.165, 1.54) is 6.20 Å². The van der Waals surface area contributed by atoms with Gasteiger partial charge in [0, 0.05) is 44.5 Å². The fourth-order valence-electron chi connectivity index (χ4n) is 3.57. The molecule has 1 fully saturated rings. The average molecular weight is 423 g/mol. The largest absolute Gasteiger partial charge is 0.497 e. The van der Waals surface area contributed by atoms with Crippen molar-refractivity contribution < 1.29 is 9.13 Å². The number of nitrogens with zero attached hydrogens (tertiary/aromatic N) is 5. The van der Waals surface area contributed by atoms with Gasteiger partial charge in [-0.3, -0.25) is 4.90 Å². The van der Waals surface area contributed by atoms with Crippen LogP contribution in [-0.2, 0) is 6.54 Å². The second kappa shape index (κ2) is 9.80. The number of hydrogen-bond donors (Lipinski definition) is 1. The van der Waals surface area contributed by atoms with Gasteiger partial charge in [-0.25, -0.2) is 19.3 Å². The molecule has 31 heavy (non-hydrogen) atoms. The summed E-state index contributed by atoms with van der Waals surface area (Å²) in [6.45, 7) is 8.51. The molecule has 0 saturated carbocycles. The number of aromatic nitrogens is 3. The minimum atomic E-state index is -0.531. The topological polar surface area (TPSA) is 66.4 Å². The fourth-order valence-corrected chi connectivity index (χ4v) is 3.57. The molecule has 0 aliphatic carbocycles. The maximum absolute atomic E-state index is 14.3. The third-order valence-corrected chi connectivity index (χ3v) is 5.48. The van der Waals surface area contributed by atoms with E-state index in [4.69, 9.17) is 4.74 Å². The van der Waals surface area contributed by atoms with Crippen molar-refractivity contribution in [3.05, 3.63) is 60.2 Å².